The molecule has 0 aliphatic heterocycles. The minimum Gasteiger partial charge on any atom is -0.261 e. The minimum atomic E-state index is -0.371. The van der Waals surface area contributed by atoms with Crippen LogP contribution in [-0.4, -0.2) is 16.2 Å². The van der Waals surface area contributed by atoms with Crippen LogP contribution in [0.3, 0.4) is 0 Å². The summed E-state index contributed by atoms with van der Waals surface area (Å²) in [6.07, 6.45) is 4.66. The van der Waals surface area contributed by atoms with Crippen molar-refractivity contribution in [2.45, 2.75) is 4.21 Å². The minimum absolute atomic E-state index is 0.371. The lowest BCUT2D eigenvalue weighted by Gasteiger charge is -1.93. The summed E-state index contributed by atoms with van der Waals surface area (Å²) in [6, 6.07) is 1.40. The quantitative estimate of drug-likeness (QED) is 0.770. The molecule has 0 spiro atoms. The van der Waals surface area contributed by atoms with Crippen LogP contribution >= 0.6 is 34.7 Å². The van der Waals surface area contributed by atoms with Gasteiger partial charge >= 0.3 is 0 Å². The fourth-order valence-corrected chi connectivity index (χ4v) is 3.00. The van der Waals surface area contributed by atoms with Crippen molar-refractivity contribution in [2.75, 3.05) is 6.26 Å². The fraction of sp³-hybridized carbons (Fsp3) is 0.111. The summed E-state index contributed by atoms with van der Waals surface area (Å²) >= 11 is 8.86. The molecule has 15 heavy (non-hydrogen) atoms. The number of nitrogens with zero attached hydrogens (tertiary/aromatic N) is 2. The van der Waals surface area contributed by atoms with Crippen molar-refractivity contribution >= 4 is 34.7 Å². The van der Waals surface area contributed by atoms with Gasteiger partial charge in [-0.2, -0.15) is 0 Å². The lowest BCUT2D eigenvalue weighted by molar-refractivity contribution is 0.622. The Kier molecular flexibility index (Phi) is 3.23. The molecule has 0 bridgehead atoms. The number of rotatable bonds is 2. The third-order valence-electron chi connectivity index (χ3n) is 1.69. The number of halogens is 2. The lowest BCUT2D eigenvalue weighted by atomic mass is 10.3. The van der Waals surface area contributed by atoms with Gasteiger partial charge in [0.2, 0.25) is 0 Å². The van der Waals surface area contributed by atoms with Crippen molar-refractivity contribution in [3.63, 3.8) is 0 Å². The first kappa shape index (κ1) is 10.9. The van der Waals surface area contributed by atoms with Crippen LogP contribution in [-0.2, 0) is 0 Å². The second-order valence-corrected chi connectivity index (χ2v) is 5.13. The summed E-state index contributed by atoms with van der Waals surface area (Å²) in [5, 5.41) is 1.16. The second kappa shape index (κ2) is 4.47. The Balaban J connectivity index is 2.45. The molecule has 2 aromatic heterocycles. The second-order valence-electron chi connectivity index (χ2n) is 2.69. The Morgan fingerprint density at radius 3 is 2.87 bits per heavy atom. The van der Waals surface area contributed by atoms with E-state index in [0.29, 0.717) is 15.7 Å². The molecule has 0 saturated carbocycles. The van der Waals surface area contributed by atoms with Gasteiger partial charge < -0.3 is 0 Å². The third kappa shape index (κ3) is 2.30. The average Bonchev–Trinajstić information content (AvgIpc) is 2.60. The van der Waals surface area contributed by atoms with Gasteiger partial charge in [-0.05, 0) is 12.3 Å². The summed E-state index contributed by atoms with van der Waals surface area (Å²) in [5.41, 5.74) is 0.655. The number of pyridine rings is 1. The molecule has 0 aliphatic carbocycles. The molecule has 0 unspecified atom stereocenters. The zero-order valence-corrected chi connectivity index (χ0v) is 10.1. The predicted molar refractivity (Wildman–Crippen MR) is 62.1 cm³/mol. The summed E-state index contributed by atoms with van der Waals surface area (Å²) in [6.45, 7) is 0. The Morgan fingerprint density at radius 2 is 2.27 bits per heavy atom. The van der Waals surface area contributed by atoms with Crippen molar-refractivity contribution in [3.8, 4) is 10.6 Å². The van der Waals surface area contributed by atoms with E-state index in [4.69, 9.17) is 11.6 Å². The Hall–Kier alpha value is -0.650. The first-order valence-electron chi connectivity index (χ1n) is 4.02. The highest BCUT2D eigenvalue weighted by atomic mass is 35.5. The normalized spacial score (nSPS) is 10.6. The van der Waals surface area contributed by atoms with Gasteiger partial charge in [0, 0.05) is 11.8 Å². The van der Waals surface area contributed by atoms with Crippen LogP contribution in [0, 0.1) is 5.82 Å². The van der Waals surface area contributed by atoms with Gasteiger partial charge in [-0.25, -0.2) is 9.37 Å². The van der Waals surface area contributed by atoms with E-state index in [1.165, 1.54) is 29.2 Å². The highest BCUT2D eigenvalue weighted by Crippen LogP contribution is 2.36. The third-order valence-corrected chi connectivity index (χ3v) is 4.41. The number of thioether (sulfide) groups is 1. The van der Waals surface area contributed by atoms with Gasteiger partial charge in [0.15, 0.2) is 5.15 Å². The van der Waals surface area contributed by atoms with E-state index in [-0.39, 0.29) is 5.82 Å². The van der Waals surface area contributed by atoms with E-state index in [1.807, 2.05) is 6.26 Å². The maximum Gasteiger partial charge on any atom is 0.154 e. The first-order chi connectivity index (χ1) is 7.20. The number of hydrogen-bond donors (Lipinski definition) is 0. The van der Waals surface area contributed by atoms with Gasteiger partial charge in [0.25, 0.3) is 0 Å². The van der Waals surface area contributed by atoms with Crippen molar-refractivity contribution in [1.82, 2.24) is 9.97 Å². The molecule has 0 N–H and O–H groups in total. The van der Waals surface area contributed by atoms with Crippen LogP contribution in [0.25, 0.3) is 10.6 Å². The highest BCUT2D eigenvalue weighted by molar-refractivity contribution is 8.00. The molecule has 0 saturated heterocycles. The largest absolute Gasteiger partial charge is 0.261 e. The molecule has 0 atom stereocenters. The first-order valence-corrected chi connectivity index (χ1v) is 6.44. The van der Waals surface area contributed by atoms with Crippen LogP contribution in [0.15, 0.2) is 22.7 Å². The maximum atomic E-state index is 12.9. The van der Waals surface area contributed by atoms with Crippen molar-refractivity contribution in [3.05, 3.63) is 29.4 Å². The Morgan fingerprint density at radius 1 is 1.47 bits per heavy atom. The van der Waals surface area contributed by atoms with Crippen molar-refractivity contribution in [2.24, 2.45) is 0 Å². The van der Waals surface area contributed by atoms with Crippen LogP contribution in [0.5, 0.6) is 0 Å². The number of hydrogen-bond acceptors (Lipinski definition) is 4. The summed E-state index contributed by atoms with van der Waals surface area (Å²) in [5.74, 6) is -0.371. The summed E-state index contributed by atoms with van der Waals surface area (Å²) in [7, 11) is 0. The molecule has 6 heteroatoms. The SMILES string of the molecule is CSc1sc(-c2cncc(F)c2)nc1Cl. The zero-order valence-electron chi connectivity index (χ0n) is 7.70. The number of thiazole rings is 1. The van der Waals surface area contributed by atoms with Gasteiger partial charge in [0.1, 0.15) is 10.8 Å². The Labute approximate surface area is 99.5 Å². The van der Waals surface area contributed by atoms with E-state index in [9.17, 15) is 4.39 Å². The van der Waals surface area contributed by atoms with Crippen LogP contribution < -0.4 is 0 Å². The molecule has 0 fully saturated rings. The van der Waals surface area contributed by atoms with Crippen LogP contribution in [0.4, 0.5) is 4.39 Å². The highest BCUT2D eigenvalue weighted by Gasteiger charge is 2.10. The zero-order chi connectivity index (χ0) is 10.8. The molecule has 2 nitrogen and oxygen atoms in total. The van der Waals surface area contributed by atoms with E-state index in [2.05, 4.69) is 9.97 Å². The van der Waals surface area contributed by atoms with Crippen LogP contribution in [0.1, 0.15) is 0 Å². The van der Waals surface area contributed by atoms with Crippen molar-refractivity contribution in [1.29, 1.82) is 0 Å². The lowest BCUT2D eigenvalue weighted by Crippen LogP contribution is -1.81. The number of aromatic nitrogens is 2. The molecule has 0 aromatic carbocycles. The molecule has 0 radical (unpaired) electrons. The monoisotopic (exact) mass is 260 g/mol. The van der Waals surface area contributed by atoms with E-state index in [1.54, 1.807) is 6.20 Å². The van der Waals surface area contributed by atoms with E-state index in [0.717, 1.165) is 10.4 Å². The van der Waals surface area contributed by atoms with E-state index >= 15 is 0 Å². The van der Waals surface area contributed by atoms with Crippen LogP contribution in [0.2, 0.25) is 5.15 Å². The molecule has 2 aromatic rings. The van der Waals surface area contributed by atoms with Gasteiger partial charge in [0.05, 0.1) is 10.4 Å². The summed E-state index contributed by atoms with van der Waals surface area (Å²) in [4.78, 5) is 7.92. The molecule has 0 amide bonds. The van der Waals surface area contributed by atoms with Gasteiger partial charge in [-0.3, -0.25) is 4.98 Å². The maximum absolute atomic E-state index is 12.9. The molecular formula is C9H6ClFN2S2. The molecular weight excluding hydrogens is 255 g/mol. The Bertz CT molecular complexity index is 487. The molecule has 2 rings (SSSR count). The standard InChI is InChI=1S/C9H6ClFN2S2/c1-14-9-7(10)13-8(15-9)5-2-6(11)4-12-3-5/h2-4H,1H3. The fourth-order valence-electron chi connectivity index (χ4n) is 1.07. The smallest absolute Gasteiger partial charge is 0.154 e. The predicted octanol–water partition coefficient (Wildman–Crippen LogP) is 3.72. The van der Waals surface area contributed by atoms with Gasteiger partial charge in [-0.15, -0.1) is 23.1 Å². The topological polar surface area (TPSA) is 25.8 Å². The van der Waals surface area contributed by atoms with E-state index < -0.39 is 0 Å². The van der Waals surface area contributed by atoms with Gasteiger partial charge in [-0.1, -0.05) is 11.6 Å². The molecule has 78 valence electrons. The molecule has 0 aliphatic rings. The average molecular weight is 261 g/mol. The van der Waals surface area contributed by atoms with Crippen molar-refractivity contribution < 1.29 is 4.39 Å². The summed E-state index contributed by atoms with van der Waals surface area (Å²) < 4.78 is 13.8. The molecule has 2 heterocycles.